The van der Waals surface area contributed by atoms with Gasteiger partial charge in [-0.1, -0.05) is 6.07 Å². The van der Waals surface area contributed by atoms with Gasteiger partial charge in [0.15, 0.2) is 0 Å². The molecule has 0 fully saturated rings. The average Bonchev–Trinajstić information content (AvgIpc) is 2.13. The molecule has 0 unspecified atom stereocenters. The first-order valence-corrected chi connectivity index (χ1v) is 4.02. The zero-order valence-electron chi connectivity index (χ0n) is 7.79. The van der Waals surface area contributed by atoms with E-state index in [1.807, 2.05) is 0 Å². The van der Waals surface area contributed by atoms with Crippen LogP contribution in [0.1, 0.15) is 15.9 Å². The molecule has 1 nitrogen and oxygen atoms in total. The number of halogens is 7. The van der Waals surface area contributed by atoms with Gasteiger partial charge >= 0.3 is 12.4 Å². The average molecular weight is 260 g/mol. The van der Waals surface area contributed by atoms with Crippen molar-refractivity contribution in [2.75, 3.05) is 0 Å². The van der Waals surface area contributed by atoms with E-state index in [1.165, 1.54) is 0 Å². The number of ketones is 1. The molecule has 1 aromatic carbocycles. The summed E-state index contributed by atoms with van der Waals surface area (Å²) >= 11 is 0. The van der Waals surface area contributed by atoms with Crippen molar-refractivity contribution in [1.29, 1.82) is 0 Å². The van der Waals surface area contributed by atoms with Crippen LogP contribution in [0.4, 0.5) is 30.7 Å². The van der Waals surface area contributed by atoms with E-state index < -0.39 is 35.1 Å². The summed E-state index contributed by atoms with van der Waals surface area (Å²) in [5.74, 6) is -4.72. The van der Waals surface area contributed by atoms with Crippen molar-refractivity contribution >= 4 is 5.78 Å². The highest BCUT2D eigenvalue weighted by Gasteiger charge is 2.46. The molecule has 17 heavy (non-hydrogen) atoms. The van der Waals surface area contributed by atoms with E-state index in [0.29, 0.717) is 12.1 Å². The molecule has 0 spiro atoms. The fraction of sp³-hybridized carbons (Fsp3) is 0.222. The first kappa shape index (κ1) is 13.5. The Morgan fingerprint density at radius 2 is 1.53 bits per heavy atom. The predicted octanol–water partition coefficient (Wildman–Crippen LogP) is 3.59. The summed E-state index contributed by atoms with van der Waals surface area (Å²) in [7, 11) is 0. The summed E-state index contributed by atoms with van der Waals surface area (Å²) in [6.07, 6.45) is -10.8. The number of Topliss-reactive ketones (excluding diaryl/α,β-unsaturated/α-hetero) is 1. The molecule has 0 aliphatic heterocycles. The summed E-state index contributed by atoms with van der Waals surface area (Å²) in [6.45, 7) is 0. The lowest BCUT2D eigenvalue weighted by Crippen LogP contribution is -2.27. The molecule has 0 bridgehead atoms. The first-order valence-electron chi connectivity index (χ1n) is 4.02. The first-order chi connectivity index (χ1) is 7.55. The van der Waals surface area contributed by atoms with Crippen LogP contribution in [0.2, 0.25) is 0 Å². The van der Waals surface area contributed by atoms with Gasteiger partial charge in [0, 0.05) is 0 Å². The highest BCUT2D eigenvalue weighted by Crippen LogP contribution is 2.35. The Morgan fingerprint density at radius 3 is 1.94 bits per heavy atom. The minimum atomic E-state index is -5.57. The molecule has 0 atom stereocenters. The van der Waals surface area contributed by atoms with Crippen molar-refractivity contribution in [1.82, 2.24) is 0 Å². The topological polar surface area (TPSA) is 17.1 Å². The molecule has 0 aliphatic carbocycles. The van der Waals surface area contributed by atoms with E-state index in [-0.39, 0.29) is 6.07 Å². The van der Waals surface area contributed by atoms with Gasteiger partial charge in [-0.15, -0.1) is 0 Å². The highest BCUT2D eigenvalue weighted by atomic mass is 19.4. The number of alkyl halides is 6. The van der Waals surface area contributed by atoms with Crippen LogP contribution in [0.25, 0.3) is 0 Å². The van der Waals surface area contributed by atoms with E-state index in [1.54, 1.807) is 0 Å². The largest absolute Gasteiger partial charge is 0.454 e. The second-order valence-electron chi connectivity index (χ2n) is 2.99. The molecule has 0 radical (unpaired) electrons. The molecular weight excluding hydrogens is 257 g/mol. The third-order valence-corrected chi connectivity index (χ3v) is 1.80. The maximum absolute atomic E-state index is 12.9. The normalized spacial score (nSPS) is 12.6. The molecule has 8 heteroatoms. The lowest BCUT2D eigenvalue weighted by Gasteiger charge is -2.13. The minimum absolute atomic E-state index is 0.210. The Labute approximate surface area is 89.8 Å². The van der Waals surface area contributed by atoms with Crippen LogP contribution in [0.5, 0.6) is 0 Å². The van der Waals surface area contributed by atoms with E-state index in [4.69, 9.17) is 0 Å². The van der Waals surface area contributed by atoms with Crippen molar-refractivity contribution in [2.24, 2.45) is 0 Å². The Kier molecular flexibility index (Phi) is 3.17. The van der Waals surface area contributed by atoms with E-state index in [0.717, 1.165) is 0 Å². The second-order valence-corrected chi connectivity index (χ2v) is 2.99. The fourth-order valence-corrected chi connectivity index (χ4v) is 1.13. The molecule has 0 aromatic heterocycles. The molecule has 0 N–H and O–H groups in total. The van der Waals surface area contributed by atoms with Gasteiger partial charge in [-0.05, 0) is 12.1 Å². The molecule has 1 aromatic rings. The maximum Gasteiger partial charge on any atom is 0.454 e. The van der Waals surface area contributed by atoms with Crippen LogP contribution in [0.15, 0.2) is 18.2 Å². The van der Waals surface area contributed by atoms with Crippen molar-refractivity contribution in [3.8, 4) is 0 Å². The summed E-state index contributed by atoms with van der Waals surface area (Å²) in [6, 6.07) is 1.14. The molecule has 94 valence electrons. The predicted molar refractivity (Wildman–Crippen MR) is 41.8 cm³/mol. The molecular formula is C9H3F7O. The summed E-state index contributed by atoms with van der Waals surface area (Å²) in [4.78, 5) is 10.7. The molecule has 0 saturated heterocycles. The van der Waals surface area contributed by atoms with Crippen LogP contribution in [-0.2, 0) is 6.18 Å². The van der Waals surface area contributed by atoms with Crippen LogP contribution in [0.3, 0.4) is 0 Å². The van der Waals surface area contributed by atoms with E-state index in [9.17, 15) is 35.5 Å². The third kappa shape index (κ3) is 2.75. The van der Waals surface area contributed by atoms with Gasteiger partial charge in [-0.3, -0.25) is 4.79 Å². The van der Waals surface area contributed by atoms with Crippen LogP contribution in [-0.4, -0.2) is 12.0 Å². The molecule has 0 aliphatic rings. The highest BCUT2D eigenvalue weighted by molar-refractivity contribution is 6.01. The van der Waals surface area contributed by atoms with Crippen LogP contribution in [0, 0.1) is 5.82 Å². The van der Waals surface area contributed by atoms with Gasteiger partial charge in [0.1, 0.15) is 5.82 Å². The Balaban J connectivity index is 3.47. The number of benzene rings is 1. The second kappa shape index (κ2) is 4.01. The zero-order chi connectivity index (χ0) is 13.4. The Hall–Kier alpha value is -1.60. The van der Waals surface area contributed by atoms with Crippen LogP contribution >= 0.6 is 0 Å². The SMILES string of the molecule is O=C(c1c(F)cccc1C(F)(F)F)C(F)(F)F. The van der Waals surface area contributed by atoms with Crippen LogP contribution < -0.4 is 0 Å². The maximum atomic E-state index is 12.9. The lowest BCUT2D eigenvalue weighted by molar-refractivity contribution is -0.138. The molecule has 0 heterocycles. The van der Waals surface area contributed by atoms with Gasteiger partial charge in [0.2, 0.25) is 0 Å². The smallest absolute Gasteiger partial charge is 0.284 e. The van der Waals surface area contributed by atoms with Gasteiger partial charge in [0.25, 0.3) is 5.78 Å². The van der Waals surface area contributed by atoms with E-state index >= 15 is 0 Å². The number of hydrogen-bond acceptors (Lipinski definition) is 1. The lowest BCUT2D eigenvalue weighted by atomic mass is 10.0. The fourth-order valence-electron chi connectivity index (χ4n) is 1.13. The number of carbonyl (C=O) groups excluding carboxylic acids is 1. The summed E-state index contributed by atoms with van der Waals surface area (Å²) in [5.41, 5.74) is -3.95. The minimum Gasteiger partial charge on any atom is -0.284 e. The van der Waals surface area contributed by atoms with Crippen molar-refractivity contribution in [3.05, 3.63) is 35.1 Å². The monoisotopic (exact) mass is 260 g/mol. The van der Waals surface area contributed by atoms with Gasteiger partial charge in [-0.25, -0.2) is 4.39 Å². The standard InChI is InChI=1S/C9H3F7O/c10-5-3-1-2-4(8(11,12)13)6(5)7(17)9(14,15)16/h1-3H. The number of carbonyl (C=O) groups is 1. The quantitative estimate of drug-likeness (QED) is 0.557. The van der Waals surface area contributed by atoms with Crippen molar-refractivity contribution in [3.63, 3.8) is 0 Å². The Morgan fingerprint density at radius 1 is 1.00 bits per heavy atom. The number of rotatable bonds is 1. The summed E-state index contributed by atoms with van der Waals surface area (Å²) < 4.78 is 85.8. The third-order valence-electron chi connectivity index (χ3n) is 1.80. The van der Waals surface area contributed by atoms with E-state index in [2.05, 4.69) is 0 Å². The van der Waals surface area contributed by atoms with Gasteiger partial charge in [-0.2, -0.15) is 26.3 Å². The number of hydrogen-bond donors (Lipinski definition) is 0. The zero-order valence-corrected chi connectivity index (χ0v) is 7.79. The molecule has 0 saturated carbocycles. The molecule has 1 rings (SSSR count). The van der Waals surface area contributed by atoms with Gasteiger partial charge in [0.05, 0.1) is 11.1 Å². The Bertz CT molecular complexity index is 444. The van der Waals surface area contributed by atoms with Crippen molar-refractivity contribution < 1.29 is 35.5 Å². The van der Waals surface area contributed by atoms with Crippen molar-refractivity contribution in [2.45, 2.75) is 12.4 Å². The summed E-state index contributed by atoms with van der Waals surface area (Å²) in [5, 5.41) is 0. The molecule has 0 amide bonds. The van der Waals surface area contributed by atoms with Gasteiger partial charge < -0.3 is 0 Å².